The molecule has 1 aliphatic heterocycles. The minimum atomic E-state index is -0.366. The summed E-state index contributed by atoms with van der Waals surface area (Å²) in [4.78, 5) is 11.9. The molecule has 0 aromatic heterocycles. The summed E-state index contributed by atoms with van der Waals surface area (Å²) in [6.07, 6.45) is 5.96. The number of amides is 1. The van der Waals surface area contributed by atoms with Gasteiger partial charge in [0.1, 0.15) is 0 Å². The van der Waals surface area contributed by atoms with E-state index in [4.69, 9.17) is 5.11 Å². The lowest BCUT2D eigenvalue weighted by atomic mass is 9.90. The maximum atomic E-state index is 11.9. The van der Waals surface area contributed by atoms with Crippen molar-refractivity contribution in [2.45, 2.75) is 51.0 Å². The van der Waals surface area contributed by atoms with Crippen LogP contribution in [-0.2, 0) is 4.79 Å². The van der Waals surface area contributed by atoms with Crippen LogP contribution in [-0.4, -0.2) is 36.2 Å². The van der Waals surface area contributed by atoms with Gasteiger partial charge in [0.15, 0.2) is 0 Å². The minimum absolute atomic E-state index is 0.121. The Labute approximate surface area is 97.8 Å². The second-order valence-electron chi connectivity index (χ2n) is 4.76. The molecule has 4 heteroatoms. The third-order valence-electron chi connectivity index (χ3n) is 3.24. The van der Waals surface area contributed by atoms with Gasteiger partial charge in [-0.25, -0.2) is 0 Å². The normalized spacial score (nSPS) is 25.4. The van der Waals surface area contributed by atoms with E-state index in [9.17, 15) is 4.79 Å². The van der Waals surface area contributed by atoms with E-state index in [1.54, 1.807) is 0 Å². The van der Waals surface area contributed by atoms with Gasteiger partial charge >= 0.3 is 0 Å². The molecule has 0 spiro atoms. The number of nitrogens with one attached hydrogen (secondary N) is 2. The Balaban J connectivity index is 2.18. The van der Waals surface area contributed by atoms with Gasteiger partial charge in [0.2, 0.25) is 5.91 Å². The molecule has 1 unspecified atom stereocenters. The van der Waals surface area contributed by atoms with Gasteiger partial charge < -0.3 is 15.7 Å². The highest BCUT2D eigenvalue weighted by Crippen LogP contribution is 2.18. The molecule has 1 atom stereocenters. The summed E-state index contributed by atoms with van der Waals surface area (Å²) in [7, 11) is 0. The van der Waals surface area contributed by atoms with Crippen molar-refractivity contribution in [3.8, 4) is 0 Å². The van der Waals surface area contributed by atoms with Gasteiger partial charge in [0.05, 0.1) is 5.54 Å². The molecular formula is C12H24N2O2. The minimum Gasteiger partial charge on any atom is -0.396 e. The SMILES string of the molecule is CC1(C(=O)NCCCCCO)CCCCN1. The molecule has 0 bridgehead atoms. The topological polar surface area (TPSA) is 61.4 Å². The molecule has 1 aliphatic rings. The van der Waals surface area contributed by atoms with Crippen molar-refractivity contribution in [3.05, 3.63) is 0 Å². The van der Waals surface area contributed by atoms with E-state index in [0.29, 0.717) is 0 Å². The second kappa shape index (κ2) is 6.86. The first-order chi connectivity index (χ1) is 7.69. The summed E-state index contributed by atoms with van der Waals surface area (Å²) in [5.74, 6) is 0.121. The summed E-state index contributed by atoms with van der Waals surface area (Å²) in [6.45, 7) is 3.88. The third-order valence-corrected chi connectivity index (χ3v) is 3.24. The van der Waals surface area contributed by atoms with Crippen molar-refractivity contribution in [1.82, 2.24) is 10.6 Å². The Hall–Kier alpha value is -0.610. The standard InChI is InChI=1S/C12H24N2O2/c1-12(7-3-5-9-14-12)11(16)13-8-4-2-6-10-15/h14-15H,2-10H2,1H3,(H,13,16). The van der Waals surface area contributed by atoms with Gasteiger partial charge in [0, 0.05) is 13.2 Å². The van der Waals surface area contributed by atoms with Crippen LogP contribution < -0.4 is 10.6 Å². The molecule has 1 amide bonds. The average Bonchev–Trinajstić information content (AvgIpc) is 2.29. The molecule has 0 saturated carbocycles. The Morgan fingerprint density at radius 2 is 2.19 bits per heavy atom. The Bertz CT molecular complexity index is 213. The van der Waals surface area contributed by atoms with Crippen LogP contribution in [0.15, 0.2) is 0 Å². The summed E-state index contributed by atoms with van der Waals surface area (Å²) >= 11 is 0. The van der Waals surface area contributed by atoms with Gasteiger partial charge in [-0.05, 0) is 52.0 Å². The van der Waals surface area contributed by atoms with Crippen LogP contribution in [0.1, 0.15) is 45.4 Å². The smallest absolute Gasteiger partial charge is 0.240 e. The number of aliphatic hydroxyl groups excluding tert-OH is 1. The number of unbranched alkanes of at least 4 members (excludes halogenated alkanes) is 2. The van der Waals surface area contributed by atoms with E-state index >= 15 is 0 Å². The van der Waals surface area contributed by atoms with E-state index in [0.717, 1.165) is 45.2 Å². The Morgan fingerprint density at radius 1 is 1.38 bits per heavy atom. The van der Waals surface area contributed by atoms with E-state index in [-0.39, 0.29) is 18.1 Å². The highest BCUT2D eigenvalue weighted by atomic mass is 16.2. The van der Waals surface area contributed by atoms with Gasteiger partial charge in [-0.1, -0.05) is 0 Å². The predicted octanol–water partition coefficient (Wildman–Crippen LogP) is 0.797. The number of rotatable bonds is 6. The van der Waals surface area contributed by atoms with Crippen LogP contribution in [0.3, 0.4) is 0 Å². The van der Waals surface area contributed by atoms with Crippen molar-refractivity contribution < 1.29 is 9.90 Å². The van der Waals surface area contributed by atoms with Crippen molar-refractivity contribution in [3.63, 3.8) is 0 Å². The van der Waals surface area contributed by atoms with Crippen LogP contribution >= 0.6 is 0 Å². The van der Waals surface area contributed by atoms with Crippen LogP contribution in [0.25, 0.3) is 0 Å². The molecule has 0 aliphatic carbocycles. The highest BCUT2D eigenvalue weighted by molar-refractivity contribution is 5.85. The van der Waals surface area contributed by atoms with Crippen molar-refractivity contribution in [2.24, 2.45) is 0 Å². The maximum Gasteiger partial charge on any atom is 0.240 e. The largest absolute Gasteiger partial charge is 0.396 e. The summed E-state index contributed by atoms with van der Waals surface area (Å²) in [6, 6.07) is 0. The quantitative estimate of drug-likeness (QED) is 0.589. The molecule has 0 aromatic carbocycles. The molecule has 16 heavy (non-hydrogen) atoms. The number of piperidine rings is 1. The zero-order valence-corrected chi connectivity index (χ0v) is 10.2. The van der Waals surface area contributed by atoms with Crippen molar-refractivity contribution >= 4 is 5.91 Å². The fourth-order valence-corrected chi connectivity index (χ4v) is 2.06. The lowest BCUT2D eigenvalue weighted by Crippen LogP contribution is -2.57. The monoisotopic (exact) mass is 228 g/mol. The highest BCUT2D eigenvalue weighted by Gasteiger charge is 2.33. The predicted molar refractivity (Wildman–Crippen MR) is 64.2 cm³/mol. The lowest BCUT2D eigenvalue weighted by molar-refractivity contribution is -0.127. The first-order valence-corrected chi connectivity index (χ1v) is 6.33. The molecule has 1 heterocycles. The maximum absolute atomic E-state index is 11.9. The van der Waals surface area contributed by atoms with Crippen molar-refractivity contribution in [1.29, 1.82) is 0 Å². The first kappa shape index (κ1) is 13.5. The number of hydrogen-bond acceptors (Lipinski definition) is 3. The Kier molecular flexibility index (Phi) is 5.77. The molecule has 0 radical (unpaired) electrons. The zero-order chi connectivity index (χ0) is 11.9. The molecular weight excluding hydrogens is 204 g/mol. The molecule has 1 fully saturated rings. The van der Waals surface area contributed by atoms with Crippen LogP contribution in [0.5, 0.6) is 0 Å². The van der Waals surface area contributed by atoms with Gasteiger partial charge in [-0.3, -0.25) is 4.79 Å². The third kappa shape index (κ3) is 4.10. The number of aliphatic hydroxyl groups is 1. The van der Waals surface area contributed by atoms with Crippen LogP contribution in [0.4, 0.5) is 0 Å². The molecule has 1 saturated heterocycles. The van der Waals surface area contributed by atoms with Crippen LogP contribution in [0, 0.1) is 0 Å². The fraction of sp³-hybridized carbons (Fsp3) is 0.917. The number of carbonyl (C=O) groups excluding carboxylic acids is 1. The number of carbonyl (C=O) groups is 1. The lowest BCUT2D eigenvalue weighted by Gasteiger charge is -2.33. The Morgan fingerprint density at radius 3 is 2.81 bits per heavy atom. The molecule has 4 nitrogen and oxygen atoms in total. The average molecular weight is 228 g/mol. The van der Waals surface area contributed by atoms with E-state index in [1.165, 1.54) is 6.42 Å². The zero-order valence-electron chi connectivity index (χ0n) is 10.2. The summed E-state index contributed by atoms with van der Waals surface area (Å²) < 4.78 is 0. The summed E-state index contributed by atoms with van der Waals surface area (Å²) in [5.41, 5.74) is -0.366. The van der Waals surface area contributed by atoms with Crippen molar-refractivity contribution in [2.75, 3.05) is 19.7 Å². The number of hydrogen-bond donors (Lipinski definition) is 3. The molecule has 94 valence electrons. The first-order valence-electron chi connectivity index (χ1n) is 6.33. The molecule has 1 rings (SSSR count). The van der Waals surface area contributed by atoms with E-state index in [1.807, 2.05) is 6.92 Å². The van der Waals surface area contributed by atoms with E-state index in [2.05, 4.69) is 10.6 Å². The van der Waals surface area contributed by atoms with Gasteiger partial charge in [0.25, 0.3) is 0 Å². The molecule has 0 aromatic rings. The molecule has 3 N–H and O–H groups in total. The summed E-state index contributed by atoms with van der Waals surface area (Å²) in [5, 5.41) is 14.9. The van der Waals surface area contributed by atoms with Crippen LogP contribution in [0.2, 0.25) is 0 Å². The second-order valence-corrected chi connectivity index (χ2v) is 4.76. The fourth-order valence-electron chi connectivity index (χ4n) is 2.06. The van der Waals surface area contributed by atoms with E-state index < -0.39 is 0 Å². The van der Waals surface area contributed by atoms with Gasteiger partial charge in [-0.15, -0.1) is 0 Å². The van der Waals surface area contributed by atoms with Gasteiger partial charge in [-0.2, -0.15) is 0 Å².